The van der Waals surface area contributed by atoms with E-state index in [0.29, 0.717) is 11.9 Å². The monoisotopic (exact) mass is 347 g/mol. The van der Waals surface area contributed by atoms with E-state index in [-0.39, 0.29) is 5.95 Å². The molecule has 0 spiro atoms. The Morgan fingerprint density at radius 3 is 2.73 bits per heavy atom. The van der Waals surface area contributed by atoms with E-state index in [1.165, 1.54) is 17.7 Å². The molecular formula is C19H21N7. The molecule has 3 heterocycles. The lowest BCUT2D eigenvalue weighted by molar-refractivity contribution is 0.470. The van der Waals surface area contributed by atoms with Crippen LogP contribution in [0.3, 0.4) is 0 Å². The normalized spacial score (nSPS) is 18.8. The Balaban J connectivity index is 1.68. The molecule has 1 atom stereocenters. The van der Waals surface area contributed by atoms with E-state index in [9.17, 15) is 0 Å². The molecule has 1 aliphatic carbocycles. The van der Waals surface area contributed by atoms with E-state index >= 15 is 0 Å². The van der Waals surface area contributed by atoms with Crippen molar-refractivity contribution < 1.29 is 0 Å². The maximum Gasteiger partial charge on any atom is 0.226 e. The highest BCUT2D eigenvalue weighted by atomic mass is 15.3. The van der Waals surface area contributed by atoms with E-state index in [4.69, 9.17) is 21.4 Å². The van der Waals surface area contributed by atoms with Gasteiger partial charge < -0.3 is 16.4 Å². The molecule has 5 rings (SSSR count). The average Bonchev–Trinajstić information content (AvgIpc) is 3.07. The zero-order valence-electron chi connectivity index (χ0n) is 14.7. The van der Waals surface area contributed by atoms with Crippen molar-refractivity contribution in [1.29, 1.82) is 0 Å². The van der Waals surface area contributed by atoms with E-state index in [1.807, 2.05) is 18.2 Å². The molecule has 3 aromatic rings. The molecule has 1 fully saturated rings. The molecule has 7 nitrogen and oxygen atoms in total. The van der Waals surface area contributed by atoms with Gasteiger partial charge in [0.05, 0.1) is 11.2 Å². The van der Waals surface area contributed by atoms with Crippen LogP contribution in [0, 0.1) is 0 Å². The van der Waals surface area contributed by atoms with Crippen LogP contribution < -0.4 is 16.4 Å². The first-order valence-corrected chi connectivity index (χ1v) is 9.09. The lowest BCUT2D eigenvalue weighted by Crippen LogP contribution is -2.46. The van der Waals surface area contributed by atoms with E-state index < -0.39 is 0 Å². The SMILES string of the molecule is CC1CCN1c1nc2c(c(-c3ccc4c(N)nc(N)nc4c3)n1)CCC2. The first-order chi connectivity index (χ1) is 12.6. The van der Waals surface area contributed by atoms with Gasteiger partial charge >= 0.3 is 0 Å². The van der Waals surface area contributed by atoms with Crippen molar-refractivity contribution in [3.05, 3.63) is 29.5 Å². The van der Waals surface area contributed by atoms with E-state index in [2.05, 4.69) is 21.8 Å². The second kappa shape index (κ2) is 5.52. The summed E-state index contributed by atoms with van der Waals surface area (Å²) in [4.78, 5) is 20.5. The minimum Gasteiger partial charge on any atom is -0.383 e. The van der Waals surface area contributed by atoms with E-state index in [0.717, 1.165) is 53.9 Å². The number of aromatic nitrogens is 4. The van der Waals surface area contributed by atoms with Crippen LogP contribution in [-0.2, 0) is 12.8 Å². The van der Waals surface area contributed by atoms with Gasteiger partial charge in [-0.15, -0.1) is 0 Å². The van der Waals surface area contributed by atoms with Gasteiger partial charge in [0.25, 0.3) is 0 Å². The molecule has 0 bridgehead atoms. The van der Waals surface area contributed by atoms with Crippen LogP contribution in [0.2, 0.25) is 0 Å². The van der Waals surface area contributed by atoms with Crippen molar-refractivity contribution in [2.75, 3.05) is 22.9 Å². The third kappa shape index (κ3) is 2.27. The minimum absolute atomic E-state index is 0.190. The third-order valence-electron chi connectivity index (χ3n) is 5.52. The summed E-state index contributed by atoms with van der Waals surface area (Å²) in [5.41, 5.74) is 17.0. The fraction of sp³-hybridized carbons (Fsp3) is 0.368. The molecule has 0 radical (unpaired) electrons. The smallest absolute Gasteiger partial charge is 0.226 e. The second-order valence-electron chi connectivity index (χ2n) is 7.18. The number of nitrogens with two attached hydrogens (primary N) is 2. The van der Waals surface area contributed by atoms with Crippen LogP contribution in [0.4, 0.5) is 17.7 Å². The van der Waals surface area contributed by atoms with Crippen LogP contribution >= 0.6 is 0 Å². The van der Waals surface area contributed by atoms with Gasteiger partial charge in [0.15, 0.2) is 0 Å². The van der Waals surface area contributed by atoms with Gasteiger partial charge in [0, 0.05) is 34.8 Å². The molecule has 1 aliphatic heterocycles. The second-order valence-corrected chi connectivity index (χ2v) is 7.18. The largest absolute Gasteiger partial charge is 0.383 e. The van der Waals surface area contributed by atoms with Crippen LogP contribution in [0.1, 0.15) is 31.0 Å². The molecule has 1 unspecified atom stereocenters. The quantitative estimate of drug-likeness (QED) is 0.732. The Kier molecular flexibility index (Phi) is 3.25. The van der Waals surface area contributed by atoms with Gasteiger partial charge in [-0.3, -0.25) is 0 Å². The number of hydrogen-bond acceptors (Lipinski definition) is 7. The molecule has 0 saturated carbocycles. The first-order valence-electron chi connectivity index (χ1n) is 9.09. The summed E-state index contributed by atoms with van der Waals surface area (Å²) in [6.45, 7) is 3.25. The average molecular weight is 347 g/mol. The number of anilines is 3. The number of nitrogens with zero attached hydrogens (tertiary/aromatic N) is 5. The highest BCUT2D eigenvalue weighted by Gasteiger charge is 2.29. The Hall–Kier alpha value is -2.96. The number of aryl methyl sites for hydroxylation is 1. The van der Waals surface area contributed by atoms with Crippen molar-refractivity contribution in [2.24, 2.45) is 0 Å². The van der Waals surface area contributed by atoms with Crippen LogP contribution in [0.5, 0.6) is 0 Å². The van der Waals surface area contributed by atoms with Gasteiger partial charge in [-0.1, -0.05) is 6.07 Å². The molecule has 2 aliphatic rings. The van der Waals surface area contributed by atoms with Crippen LogP contribution in [0.25, 0.3) is 22.2 Å². The summed E-state index contributed by atoms with van der Waals surface area (Å²) in [6, 6.07) is 6.51. The highest BCUT2D eigenvalue weighted by molar-refractivity contribution is 5.92. The predicted molar refractivity (Wildman–Crippen MR) is 103 cm³/mol. The Morgan fingerprint density at radius 1 is 1.08 bits per heavy atom. The van der Waals surface area contributed by atoms with Gasteiger partial charge in [-0.2, -0.15) is 4.98 Å². The van der Waals surface area contributed by atoms with Crippen molar-refractivity contribution >= 4 is 28.6 Å². The number of fused-ring (bicyclic) bond motifs is 2. The Labute approximate surface area is 151 Å². The number of benzene rings is 1. The Bertz CT molecular complexity index is 1030. The lowest BCUT2D eigenvalue weighted by atomic mass is 10.0. The summed E-state index contributed by atoms with van der Waals surface area (Å²) in [5.74, 6) is 1.44. The fourth-order valence-corrected chi connectivity index (χ4v) is 3.92. The number of rotatable bonds is 2. The van der Waals surface area contributed by atoms with Gasteiger partial charge in [-0.25, -0.2) is 15.0 Å². The first kappa shape index (κ1) is 15.3. The highest BCUT2D eigenvalue weighted by Crippen LogP contribution is 2.35. The lowest BCUT2D eigenvalue weighted by Gasteiger charge is -2.39. The summed E-state index contributed by atoms with van der Waals surface area (Å²) >= 11 is 0. The summed E-state index contributed by atoms with van der Waals surface area (Å²) in [5, 5.41) is 0.810. The molecule has 1 saturated heterocycles. The zero-order chi connectivity index (χ0) is 17.8. The van der Waals surface area contributed by atoms with E-state index in [1.54, 1.807) is 0 Å². The predicted octanol–water partition coefficient (Wildman–Crippen LogP) is 2.34. The van der Waals surface area contributed by atoms with Crippen molar-refractivity contribution in [3.63, 3.8) is 0 Å². The molecule has 2 aromatic heterocycles. The fourth-order valence-electron chi connectivity index (χ4n) is 3.92. The number of hydrogen-bond donors (Lipinski definition) is 2. The molecule has 1 aromatic carbocycles. The molecular weight excluding hydrogens is 326 g/mol. The van der Waals surface area contributed by atoms with Gasteiger partial charge in [0.2, 0.25) is 11.9 Å². The topological polar surface area (TPSA) is 107 Å². The molecule has 7 heteroatoms. The van der Waals surface area contributed by atoms with Crippen molar-refractivity contribution in [1.82, 2.24) is 19.9 Å². The zero-order valence-corrected chi connectivity index (χ0v) is 14.7. The summed E-state index contributed by atoms with van der Waals surface area (Å²) in [7, 11) is 0. The van der Waals surface area contributed by atoms with Crippen LogP contribution in [0.15, 0.2) is 18.2 Å². The third-order valence-corrected chi connectivity index (χ3v) is 5.52. The van der Waals surface area contributed by atoms with Crippen molar-refractivity contribution in [2.45, 2.75) is 38.6 Å². The maximum atomic E-state index is 5.98. The number of nitrogen functional groups attached to an aromatic ring is 2. The molecule has 132 valence electrons. The minimum atomic E-state index is 0.190. The molecule has 0 amide bonds. The summed E-state index contributed by atoms with van der Waals surface area (Å²) in [6.07, 6.45) is 4.37. The summed E-state index contributed by atoms with van der Waals surface area (Å²) < 4.78 is 0. The Morgan fingerprint density at radius 2 is 1.96 bits per heavy atom. The van der Waals surface area contributed by atoms with Crippen molar-refractivity contribution in [3.8, 4) is 11.3 Å². The molecule has 4 N–H and O–H groups in total. The molecule has 26 heavy (non-hydrogen) atoms. The maximum absolute atomic E-state index is 5.98. The van der Waals surface area contributed by atoms with Gasteiger partial charge in [0.1, 0.15) is 5.82 Å². The van der Waals surface area contributed by atoms with Crippen LogP contribution in [-0.4, -0.2) is 32.5 Å². The van der Waals surface area contributed by atoms with Gasteiger partial charge in [-0.05, 0) is 44.7 Å². The standard InChI is InChI=1S/C19H21N7/c1-10-7-8-26(10)19-23-14-4-2-3-12(14)16(24-19)11-5-6-13-15(9-11)22-18(21)25-17(13)20/h5-6,9-10H,2-4,7-8H2,1H3,(H4,20,21,22,25).